The fourth-order valence-corrected chi connectivity index (χ4v) is 2.11. The van der Waals surface area contributed by atoms with Crippen LogP contribution in [0.4, 0.5) is 11.8 Å². The summed E-state index contributed by atoms with van der Waals surface area (Å²) < 4.78 is 0. The maximum atomic E-state index is 9.46. The van der Waals surface area contributed by atoms with Crippen LogP contribution in [-0.2, 0) is 6.54 Å². The first-order chi connectivity index (χ1) is 8.02. The van der Waals surface area contributed by atoms with Crippen molar-refractivity contribution in [3.63, 3.8) is 0 Å². The third-order valence-electron chi connectivity index (χ3n) is 3.05. The SMILES string of the molecule is CC1c2nc(N)nc(N)c2CN1CC(O)CO. The molecule has 1 aromatic rings. The molecule has 2 unspecified atom stereocenters. The lowest BCUT2D eigenvalue weighted by atomic mass is 10.2. The molecule has 1 aromatic heterocycles. The lowest BCUT2D eigenvalue weighted by Gasteiger charge is -2.22. The van der Waals surface area contributed by atoms with E-state index in [1.807, 2.05) is 11.8 Å². The van der Waals surface area contributed by atoms with E-state index in [-0.39, 0.29) is 18.6 Å². The summed E-state index contributed by atoms with van der Waals surface area (Å²) in [6.07, 6.45) is -0.765. The van der Waals surface area contributed by atoms with Gasteiger partial charge in [-0.05, 0) is 6.92 Å². The monoisotopic (exact) mass is 239 g/mol. The van der Waals surface area contributed by atoms with E-state index in [1.54, 1.807) is 0 Å². The number of β-amino-alcohol motifs (C(OH)–C–C–N with tert-alkyl or cyclic N) is 1. The molecular formula is C10H17N5O2. The average Bonchev–Trinajstić information content (AvgIpc) is 2.57. The van der Waals surface area contributed by atoms with E-state index in [4.69, 9.17) is 16.6 Å². The number of anilines is 2. The third-order valence-corrected chi connectivity index (χ3v) is 3.05. The molecule has 0 saturated heterocycles. The van der Waals surface area contributed by atoms with Gasteiger partial charge in [0.2, 0.25) is 5.95 Å². The second-order valence-corrected chi connectivity index (χ2v) is 4.27. The van der Waals surface area contributed by atoms with Crippen LogP contribution in [0.25, 0.3) is 0 Å². The standard InChI is InChI=1S/C10H17N5O2/c1-5-8-7(9(11)14-10(12)13-8)3-15(5)2-6(17)4-16/h5-6,16-17H,2-4H2,1H3,(H4,11,12,13,14). The van der Waals surface area contributed by atoms with Gasteiger partial charge in [0.1, 0.15) is 5.82 Å². The van der Waals surface area contributed by atoms with E-state index in [0.717, 1.165) is 11.3 Å². The van der Waals surface area contributed by atoms with E-state index in [2.05, 4.69) is 9.97 Å². The van der Waals surface area contributed by atoms with E-state index < -0.39 is 6.10 Å². The fourth-order valence-electron chi connectivity index (χ4n) is 2.11. The number of nitrogen functional groups attached to an aromatic ring is 2. The van der Waals surface area contributed by atoms with Crippen molar-refractivity contribution in [2.24, 2.45) is 0 Å². The number of aliphatic hydroxyl groups excluding tert-OH is 2. The highest BCUT2D eigenvalue weighted by molar-refractivity contribution is 5.48. The highest BCUT2D eigenvalue weighted by atomic mass is 16.3. The Kier molecular flexibility index (Phi) is 3.14. The van der Waals surface area contributed by atoms with E-state index in [1.165, 1.54) is 0 Å². The molecule has 7 heteroatoms. The van der Waals surface area contributed by atoms with Gasteiger partial charge in [0.05, 0.1) is 24.4 Å². The molecule has 0 fully saturated rings. The maximum Gasteiger partial charge on any atom is 0.222 e. The molecule has 2 atom stereocenters. The zero-order valence-corrected chi connectivity index (χ0v) is 9.67. The summed E-state index contributed by atoms with van der Waals surface area (Å²) in [5, 5.41) is 18.3. The average molecular weight is 239 g/mol. The Morgan fingerprint density at radius 1 is 1.47 bits per heavy atom. The van der Waals surface area contributed by atoms with Gasteiger partial charge in [-0.3, -0.25) is 4.90 Å². The van der Waals surface area contributed by atoms with Crippen LogP contribution >= 0.6 is 0 Å². The summed E-state index contributed by atoms with van der Waals surface area (Å²) in [5.74, 6) is 0.554. The van der Waals surface area contributed by atoms with Crippen molar-refractivity contribution in [3.05, 3.63) is 11.3 Å². The molecule has 1 aliphatic rings. The molecule has 0 bridgehead atoms. The van der Waals surface area contributed by atoms with Gasteiger partial charge >= 0.3 is 0 Å². The second-order valence-electron chi connectivity index (χ2n) is 4.27. The van der Waals surface area contributed by atoms with Gasteiger partial charge in [-0.25, -0.2) is 4.98 Å². The molecule has 1 aliphatic heterocycles. The van der Waals surface area contributed by atoms with Crippen molar-refractivity contribution in [1.29, 1.82) is 0 Å². The summed E-state index contributed by atoms with van der Waals surface area (Å²) in [6.45, 7) is 2.64. The van der Waals surface area contributed by atoms with Gasteiger partial charge in [-0.2, -0.15) is 4.98 Å². The molecule has 94 valence electrons. The minimum Gasteiger partial charge on any atom is -0.394 e. The van der Waals surface area contributed by atoms with Crippen LogP contribution in [0.3, 0.4) is 0 Å². The van der Waals surface area contributed by atoms with Crippen LogP contribution in [0.15, 0.2) is 0 Å². The van der Waals surface area contributed by atoms with Crippen molar-refractivity contribution in [2.75, 3.05) is 24.6 Å². The number of hydrogen-bond acceptors (Lipinski definition) is 7. The summed E-state index contributed by atoms with van der Waals surface area (Å²) in [4.78, 5) is 10.1. The summed E-state index contributed by atoms with van der Waals surface area (Å²) in [6, 6.07) is 0.0128. The van der Waals surface area contributed by atoms with Gasteiger partial charge < -0.3 is 21.7 Å². The van der Waals surface area contributed by atoms with Crippen LogP contribution in [-0.4, -0.2) is 44.3 Å². The van der Waals surface area contributed by atoms with Crippen LogP contribution in [0.1, 0.15) is 24.2 Å². The Morgan fingerprint density at radius 2 is 2.18 bits per heavy atom. The number of nitrogens with zero attached hydrogens (tertiary/aromatic N) is 3. The largest absolute Gasteiger partial charge is 0.394 e. The van der Waals surface area contributed by atoms with Crippen molar-refractivity contribution in [2.45, 2.75) is 25.6 Å². The molecule has 2 rings (SSSR count). The first-order valence-electron chi connectivity index (χ1n) is 5.47. The quantitative estimate of drug-likeness (QED) is 0.526. The van der Waals surface area contributed by atoms with E-state index >= 15 is 0 Å². The fraction of sp³-hybridized carbons (Fsp3) is 0.600. The molecule has 0 aliphatic carbocycles. The molecule has 0 aromatic carbocycles. The molecule has 6 N–H and O–H groups in total. The van der Waals surface area contributed by atoms with Crippen molar-refractivity contribution in [1.82, 2.24) is 14.9 Å². The van der Waals surface area contributed by atoms with E-state index in [9.17, 15) is 5.11 Å². The van der Waals surface area contributed by atoms with Crippen LogP contribution < -0.4 is 11.5 Å². The van der Waals surface area contributed by atoms with Crippen molar-refractivity contribution < 1.29 is 10.2 Å². The maximum absolute atomic E-state index is 9.46. The Morgan fingerprint density at radius 3 is 2.82 bits per heavy atom. The number of nitrogens with two attached hydrogens (primary N) is 2. The van der Waals surface area contributed by atoms with Crippen molar-refractivity contribution >= 4 is 11.8 Å². The lowest BCUT2D eigenvalue weighted by Crippen LogP contribution is -2.32. The smallest absolute Gasteiger partial charge is 0.222 e. The zero-order chi connectivity index (χ0) is 12.6. The molecule has 2 heterocycles. The van der Waals surface area contributed by atoms with Gasteiger partial charge in [-0.15, -0.1) is 0 Å². The highest BCUT2D eigenvalue weighted by Crippen LogP contribution is 2.34. The number of aliphatic hydroxyl groups is 2. The molecule has 0 amide bonds. The lowest BCUT2D eigenvalue weighted by molar-refractivity contribution is 0.0489. The van der Waals surface area contributed by atoms with Crippen molar-refractivity contribution in [3.8, 4) is 0 Å². The highest BCUT2D eigenvalue weighted by Gasteiger charge is 2.31. The number of rotatable bonds is 3. The topological polar surface area (TPSA) is 122 Å². The predicted octanol–water partition coefficient (Wildman–Crippen LogP) is -1.13. The first-order valence-corrected chi connectivity index (χ1v) is 5.47. The Bertz CT molecular complexity index is 425. The number of fused-ring (bicyclic) bond motifs is 1. The minimum absolute atomic E-state index is 0.0128. The van der Waals surface area contributed by atoms with Gasteiger partial charge in [0.15, 0.2) is 0 Å². The Labute approximate surface area is 99.1 Å². The molecule has 0 radical (unpaired) electrons. The van der Waals surface area contributed by atoms with E-state index in [0.29, 0.717) is 18.9 Å². The molecule has 17 heavy (non-hydrogen) atoms. The molecular weight excluding hydrogens is 222 g/mol. The van der Waals surface area contributed by atoms with Crippen LogP contribution in [0, 0.1) is 0 Å². The number of hydrogen-bond donors (Lipinski definition) is 4. The Balaban J connectivity index is 2.23. The molecule has 0 saturated carbocycles. The predicted molar refractivity (Wildman–Crippen MR) is 62.8 cm³/mol. The zero-order valence-electron chi connectivity index (χ0n) is 9.67. The summed E-state index contributed by atoms with van der Waals surface area (Å²) in [7, 11) is 0. The first kappa shape index (κ1) is 12.0. The van der Waals surface area contributed by atoms with Gasteiger partial charge in [0.25, 0.3) is 0 Å². The molecule has 0 spiro atoms. The minimum atomic E-state index is -0.765. The van der Waals surface area contributed by atoms with Crippen LogP contribution in [0.2, 0.25) is 0 Å². The van der Waals surface area contributed by atoms with Gasteiger partial charge in [0, 0.05) is 18.7 Å². The second kappa shape index (κ2) is 4.44. The number of aromatic nitrogens is 2. The Hall–Kier alpha value is -1.44. The summed E-state index contributed by atoms with van der Waals surface area (Å²) in [5.41, 5.74) is 13.0. The third kappa shape index (κ3) is 2.17. The van der Waals surface area contributed by atoms with Gasteiger partial charge in [-0.1, -0.05) is 0 Å². The molecule has 7 nitrogen and oxygen atoms in total. The van der Waals surface area contributed by atoms with Crippen LogP contribution in [0.5, 0.6) is 0 Å². The summed E-state index contributed by atoms with van der Waals surface area (Å²) >= 11 is 0. The normalized spacial score (nSPS) is 21.5.